The van der Waals surface area contributed by atoms with E-state index in [1.807, 2.05) is 36.7 Å². The van der Waals surface area contributed by atoms with E-state index < -0.39 is 0 Å². The molecule has 1 aromatic heterocycles. The summed E-state index contributed by atoms with van der Waals surface area (Å²) in [6.45, 7) is 0.916. The van der Waals surface area contributed by atoms with Crippen LogP contribution < -0.4 is 0 Å². The molecule has 0 spiro atoms. The van der Waals surface area contributed by atoms with Gasteiger partial charge in [0.1, 0.15) is 0 Å². The highest BCUT2D eigenvalue weighted by Crippen LogP contribution is 1.90. The number of alkyl halides is 1. The van der Waals surface area contributed by atoms with Crippen molar-refractivity contribution in [2.24, 2.45) is 0 Å². The molecule has 0 bridgehead atoms. The fourth-order valence-electron chi connectivity index (χ4n) is 0.751. The van der Waals surface area contributed by atoms with Crippen LogP contribution >= 0.6 is 11.6 Å². The van der Waals surface area contributed by atoms with Gasteiger partial charge in [-0.1, -0.05) is 12.2 Å². The van der Waals surface area contributed by atoms with Gasteiger partial charge in [0, 0.05) is 24.8 Å². The van der Waals surface area contributed by atoms with Crippen molar-refractivity contribution in [3.63, 3.8) is 0 Å². The van der Waals surface area contributed by atoms with E-state index in [1.165, 1.54) is 0 Å². The van der Waals surface area contributed by atoms with Crippen LogP contribution in [0.3, 0.4) is 0 Å². The van der Waals surface area contributed by atoms with Gasteiger partial charge in [-0.25, -0.2) is 0 Å². The van der Waals surface area contributed by atoms with E-state index >= 15 is 0 Å². The fraction of sp³-hybridized carbons (Fsp3) is 0.250. The first-order chi connectivity index (χ1) is 4.93. The molecule has 0 amide bonds. The summed E-state index contributed by atoms with van der Waals surface area (Å²) < 4.78 is 2.09. The minimum Gasteiger partial charge on any atom is -0.351 e. The number of hydrogen-bond acceptors (Lipinski definition) is 0. The molecule has 0 saturated heterocycles. The van der Waals surface area contributed by atoms with Crippen LogP contribution in [0.1, 0.15) is 0 Å². The largest absolute Gasteiger partial charge is 0.351 e. The third kappa shape index (κ3) is 2.28. The van der Waals surface area contributed by atoms with E-state index in [9.17, 15) is 0 Å². The molecule has 1 aromatic rings. The number of rotatable bonds is 3. The third-order valence-electron chi connectivity index (χ3n) is 1.24. The number of aromatic nitrogens is 1. The molecule has 0 radical (unpaired) electrons. The summed E-state index contributed by atoms with van der Waals surface area (Å²) >= 11 is 5.45. The number of hydrogen-bond donors (Lipinski definition) is 0. The van der Waals surface area contributed by atoms with Crippen LogP contribution in [-0.4, -0.2) is 10.4 Å². The molecule has 0 fully saturated rings. The minimum atomic E-state index is 0.598. The Morgan fingerprint density at radius 2 is 1.90 bits per heavy atom. The lowest BCUT2D eigenvalue weighted by Crippen LogP contribution is -1.88. The summed E-state index contributed by atoms with van der Waals surface area (Å²) in [5.41, 5.74) is 0. The molecule has 0 aliphatic heterocycles. The van der Waals surface area contributed by atoms with Gasteiger partial charge < -0.3 is 4.57 Å². The van der Waals surface area contributed by atoms with Crippen LogP contribution in [0.5, 0.6) is 0 Å². The van der Waals surface area contributed by atoms with Crippen LogP contribution in [-0.2, 0) is 6.54 Å². The maximum Gasteiger partial charge on any atom is 0.0404 e. The van der Waals surface area contributed by atoms with Crippen molar-refractivity contribution in [2.45, 2.75) is 6.54 Å². The van der Waals surface area contributed by atoms with Crippen molar-refractivity contribution in [1.29, 1.82) is 0 Å². The molecular formula is C8H10ClN. The Morgan fingerprint density at radius 1 is 1.20 bits per heavy atom. The maximum absolute atomic E-state index is 5.45. The van der Waals surface area contributed by atoms with Gasteiger partial charge in [-0.15, -0.1) is 11.6 Å². The third-order valence-corrected chi connectivity index (χ3v) is 1.42. The smallest absolute Gasteiger partial charge is 0.0404 e. The van der Waals surface area contributed by atoms with Crippen molar-refractivity contribution in [2.75, 3.05) is 5.88 Å². The van der Waals surface area contributed by atoms with Gasteiger partial charge >= 0.3 is 0 Å². The first-order valence-electron chi connectivity index (χ1n) is 3.25. The Bertz CT molecular complexity index is 189. The molecule has 1 rings (SSSR count). The molecule has 0 aliphatic rings. The van der Waals surface area contributed by atoms with Gasteiger partial charge in [0.25, 0.3) is 0 Å². The second-order valence-corrected chi connectivity index (χ2v) is 2.31. The number of nitrogens with zero attached hydrogens (tertiary/aromatic N) is 1. The van der Waals surface area contributed by atoms with Crippen molar-refractivity contribution in [3.05, 3.63) is 36.7 Å². The SMILES string of the molecule is ClCC=CCn1cccc1. The van der Waals surface area contributed by atoms with E-state index in [1.54, 1.807) is 0 Å². The zero-order chi connectivity index (χ0) is 7.23. The molecular weight excluding hydrogens is 146 g/mol. The van der Waals surface area contributed by atoms with E-state index in [0.717, 1.165) is 6.54 Å². The Balaban J connectivity index is 2.34. The summed E-state index contributed by atoms with van der Waals surface area (Å²) in [4.78, 5) is 0. The molecule has 1 nitrogen and oxygen atoms in total. The lowest BCUT2D eigenvalue weighted by molar-refractivity contribution is 0.829. The molecule has 0 aliphatic carbocycles. The highest BCUT2D eigenvalue weighted by molar-refractivity contribution is 6.18. The summed E-state index contributed by atoms with van der Waals surface area (Å²) in [7, 11) is 0. The van der Waals surface area contributed by atoms with Gasteiger partial charge in [0.2, 0.25) is 0 Å². The van der Waals surface area contributed by atoms with Crippen molar-refractivity contribution >= 4 is 11.6 Å². The Morgan fingerprint density at radius 3 is 2.50 bits per heavy atom. The molecule has 1 heterocycles. The van der Waals surface area contributed by atoms with Crippen LogP contribution in [0, 0.1) is 0 Å². The van der Waals surface area contributed by atoms with Crippen molar-refractivity contribution in [1.82, 2.24) is 4.57 Å². The molecule has 0 saturated carbocycles. The van der Waals surface area contributed by atoms with Crippen LogP contribution in [0.15, 0.2) is 36.7 Å². The zero-order valence-electron chi connectivity index (χ0n) is 5.70. The van der Waals surface area contributed by atoms with E-state index in [4.69, 9.17) is 11.6 Å². The highest BCUT2D eigenvalue weighted by Gasteiger charge is 1.80. The average Bonchev–Trinajstić information content (AvgIpc) is 2.41. The van der Waals surface area contributed by atoms with Gasteiger partial charge in [-0.3, -0.25) is 0 Å². The molecule has 10 heavy (non-hydrogen) atoms. The lowest BCUT2D eigenvalue weighted by Gasteiger charge is -1.93. The molecule has 54 valence electrons. The maximum atomic E-state index is 5.45. The van der Waals surface area contributed by atoms with Crippen LogP contribution in [0.4, 0.5) is 0 Å². The van der Waals surface area contributed by atoms with Crippen LogP contribution in [0.2, 0.25) is 0 Å². The van der Waals surface area contributed by atoms with Gasteiger partial charge in [-0.05, 0) is 12.1 Å². The Kier molecular flexibility index (Phi) is 3.10. The molecule has 0 atom stereocenters. The molecule has 0 aromatic carbocycles. The van der Waals surface area contributed by atoms with Crippen molar-refractivity contribution in [3.8, 4) is 0 Å². The standard InChI is InChI=1S/C8H10ClN/c9-5-1-2-6-10-7-3-4-8-10/h1-4,7-8H,5-6H2. The monoisotopic (exact) mass is 155 g/mol. The van der Waals surface area contributed by atoms with E-state index in [2.05, 4.69) is 4.57 Å². The number of allylic oxidation sites excluding steroid dienone is 2. The minimum absolute atomic E-state index is 0.598. The van der Waals surface area contributed by atoms with Gasteiger partial charge in [0.15, 0.2) is 0 Å². The second-order valence-electron chi connectivity index (χ2n) is 2.01. The van der Waals surface area contributed by atoms with Gasteiger partial charge in [-0.2, -0.15) is 0 Å². The molecule has 0 unspecified atom stereocenters. The normalized spacial score (nSPS) is 10.9. The van der Waals surface area contributed by atoms with E-state index in [0.29, 0.717) is 5.88 Å². The second kappa shape index (κ2) is 4.18. The average molecular weight is 156 g/mol. The first kappa shape index (κ1) is 7.42. The lowest BCUT2D eigenvalue weighted by atomic mass is 10.5. The van der Waals surface area contributed by atoms with Crippen molar-refractivity contribution < 1.29 is 0 Å². The zero-order valence-corrected chi connectivity index (χ0v) is 6.46. The summed E-state index contributed by atoms with van der Waals surface area (Å²) in [6.07, 6.45) is 8.05. The Hall–Kier alpha value is -0.690. The van der Waals surface area contributed by atoms with Crippen LogP contribution in [0.25, 0.3) is 0 Å². The summed E-state index contributed by atoms with van der Waals surface area (Å²) in [6, 6.07) is 4.02. The first-order valence-corrected chi connectivity index (χ1v) is 3.78. The predicted molar refractivity (Wildman–Crippen MR) is 44.3 cm³/mol. The quantitative estimate of drug-likeness (QED) is 0.466. The summed E-state index contributed by atoms with van der Waals surface area (Å²) in [5, 5.41) is 0. The summed E-state index contributed by atoms with van der Waals surface area (Å²) in [5.74, 6) is 0.598. The highest BCUT2D eigenvalue weighted by atomic mass is 35.5. The molecule has 0 N–H and O–H groups in total. The topological polar surface area (TPSA) is 4.93 Å². The molecule has 2 heteroatoms. The van der Waals surface area contributed by atoms with E-state index in [-0.39, 0.29) is 0 Å². The van der Waals surface area contributed by atoms with Gasteiger partial charge in [0.05, 0.1) is 0 Å². The predicted octanol–water partition coefficient (Wildman–Crippen LogP) is 2.28. The Labute approximate surface area is 65.9 Å². The fourth-order valence-corrected chi connectivity index (χ4v) is 0.877. The number of halogens is 1.